The second-order valence-electron chi connectivity index (χ2n) is 3.52. The summed E-state index contributed by atoms with van der Waals surface area (Å²) in [7, 11) is 0. The van der Waals surface area contributed by atoms with Crippen molar-refractivity contribution in [2.45, 2.75) is 13.3 Å². The van der Waals surface area contributed by atoms with Gasteiger partial charge in [0.1, 0.15) is 0 Å². The molecule has 6 nitrogen and oxygen atoms in total. The molecule has 7 heteroatoms. The van der Waals surface area contributed by atoms with Crippen LogP contribution in [-0.2, 0) is 6.42 Å². The van der Waals surface area contributed by atoms with Gasteiger partial charge in [-0.2, -0.15) is 0 Å². The van der Waals surface area contributed by atoms with Crippen LogP contribution in [0.1, 0.15) is 21.1 Å². The average molecular weight is 265 g/mol. The molecule has 0 amide bonds. The van der Waals surface area contributed by atoms with E-state index < -0.39 is 5.97 Å². The Morgan fingerprint density at radius 3 is 2.83 bits per heavy atom. The van der Waals surface area contributed by atoms with Crippen molar-refractivity contribution in [3.8, 4) is 5.88 Å². The Balaban J connectivity index is 1.87. The zero-order valence-electron chi connectivity index (χ0n) is 9.66. The molecule has 0 spiro atoms. The highest BCUT2D eigenvalue weighted by Gasteiger charge is 2.06. The number of rotatable bonds is 5. The van der Waals surface area contributed by atoms with Gasteiger partial charge in [0.25, 0.3) is 0 Å². The van der Waals surface area contributed by atoms with Gasteiger partial charge >= 0.3 is 5.97 Å². The van der Waals surface area contributed by atoms with Gasteiger partial charge in [-0.3, -0.25) is 0 Å². The molecule has 0 fully saturated rings. The summed E-state index contributed by atoms with van der Waals surface area (Å²) in [6.45, 7) is 2.41. The zero-order chi connectivity index (χ0) is 13.0. The van der Waals surface area contributed by atoms with Crippen molar-refractivity contribution < 1.29 is 14.6 Å². The molecule has 0 bridgehead atoms. The first-order valence-corrected chi connectivity index (χ1v) is 6.13. The van der Waals surface area contributed by atoms with Gasteiger partial charge in [-0.15, -0.1) is 21.5 Å². The highest BCUT2D eigenvalue weighted by atomic mass is 32.1. The lowest BCUT2D eigenvalue weighted by molar-refractivity contribution is 0.0689. The quantitative estimate of drug-likeness (QED) is 0.883. The third-order valence-corrected chi connectivity index (χ3v) is 3.28. The number of nitrogens with zero attached hydrogens (tertiary/aromatic N) is 3. The minimum Gasteiger partial charge on any atom is -0.476 e. The number of ether oxygens (including phenoxy) is 1. The van der Waals surface area contributed by atoms with E-state index in [9.17, 15) is 4.79 Å². The number of hydrogen-bond donors (Lipinski definition) is 1. The highest BCUT2D eigenvalue weighted by molar-refractivity contribution is 7.09. The number of carbonyl (C=O) groups is 1. The predicted molar refractivity (Wildman–Crippen MR) is 65.0 cm³/mol. The van der Waals surface area contributed by atoms with E-state index in [4.69, 9.17) is 9.84 Å². The third-order valence-electron chi connectivity index (χ3n) is 2.28. The molecule has 2 heterocycles. The van der Waals surface area contributed by atoms with Crippen molar-refractivity contribution in [3.63, 3.8) is 0 Å². The molecular formula is C11H11N3O3S. The van der Waals surface area contributed by atoms with Gasteiger partial charge < -0.3 is 9.84 Å². The van der Waals surface area contributed by atoms with Crippen LogP contribution in [0.4, 0.5) is 0 Å². The molecule has 94 valence electrons. The standard InChI is InChI=1S/C11H11N3O3S/c1-7-9(18-6-12-7)4-5-17-10-3-2-8(11(15)16)13-14-10/h2-3,6H,4-5H2,1H3,(H,15,16). The maximum absolute atomic E-state index is 10.6. The number of aromatic carboxylic acids is 1. The first kappa shape index (κ1) is 12.4. The summed E-state index contributed by atoms with van der Waals surface area (Å²) in [4.78, 5) is 15.9. The van der Waals surface area contributed by atoms with Crippen LogP contribution in [-0.4, -0.2) is 32.9 Å². The van der Waals surface area contributed by atoms with Crippen molar-refractivity contribution in [3.05, 3.63) is 33.9 Å². The second-order valence-corrected chi connectivity index (χ2v) is 4.46. The normalized spacial score (nSPS) is 10.3. The Morgan fingerprint density at radius 1 is 1.44 bits per heavy atom. The van der Waals surface area contributed by atoms with Gasteiger partial charge in [0, 0.05) is 17.4 Å². The molecule has 2 aromatic heterocycles. The van der Waals surface area contributed by atoms with Gasteiger partial charge in [0.2, 0.25) is 5.88 Å². The lowest BCUT2D eigenvalue weighted by Crippen LogP contribution is -2.06. The van der Waals surface area contributed by atoms with Crippen molar-refractivity contribution in [1.29, 1.82) is 0 Å². The number of carboxylic acid groups (broad SMARTS) is 1. The van der Waals surface area contributed by atoms with Crippen LogP contribution in [0.3, 0.4) is 0 Å². The summed E-state index contributed by atoms with van der Waals surface area (Å²) in [5, 5.41) is 15.9. The van der Waals surface area contributed by atoms with E-state index in [-0.39, 0.29) is 5.69 Å². The van der Waals surface area contributed by atoms with Gasteiger partial charge in [0.05, 0.1) is 17.8 Å². The minimum absolute atomic E-state index is 0.0966. The van der Waals surface area contributed by atoms with Crippen LogP contribution in [0.2, 0.25) is 0 Å². The van der Waals surface area contributed by atoms with Crippen molar-refractivity contribution in [2.75, 3.05) is 6.61 Å². The summed E-state index contributed by atoms with van der Waals surface area (Å²) >= 11 is 1.59. The molecule has 0 aliphatic rings. The van der Waals surface area contributed by atoms with E-state index in [2.05, 4.69) is 15.2 Å². The monoisotopic (exact) mass is 265 g/mol. The van der Waals surface area contributed by atoms with Crippen LogP contribution in [0, 0.1) is 6.92 Å². The van der Waals surface area contributed by atoms with Crippen LogP contribution in [0.15, 0.2) is 17.6 Å². The smallest absolute Gasteiger partial charge is 0.356 e. The molecule has 0 aliphatic heterocycles. The topological polar surface area (TPSA) is 85.2 Å². The van der Waals surface area contributed by atoms with E-state index in [0.29, 0.717) is 12.5 Å². The summed E-state index contributed by atoms with van der Waals surface area (Å²) in [6, 6.07) is 2.86. The molecule has 0 saturated heterocycles. The Labute approximate surface area is 107 Å². The Morgan fingerprint density at radius 2 is 2.28 bits per heavy atom. The van der Waals surface area contributed by atoms with E-state index in [0.717, 1.165) is 12.1 Å². The zero-order valence-corrected chi connectivity index (χ0v) is 10.5. The van der Waals surface area contributed by atoms with E-state index >= 15 is 0 Å². The molecule has 0 aromatic carbocycles. The van der Waals surface area contributed by atoms with Crippen LogP contribution in [0.25, 0.3) is 0 Å². The second kappa shape index (κ2) is 5.54. The Hall–Kier alpha value is -2.02. The fraction of sp³-hybridized carbons (Fsp3) is 0.273. The van der Waals surface area contributed by atoms with Crippen molar-refractivity contribution >= 4 is 17.3 Å². The van der Waals surface area contributed by atoms with Crippen molar-refractivity contribution in [1.82, 2.24) is 15.2 Å². The maximum atomic E-state index is 10.6. The number of hydrogen-bond acceptors (Lipinski definition) is 6. The van der Waals surface area contributed by atoms with Gasteiger partial charge in [0.15, 0.2) is 5.69 Å². The fourth-order valence-corrected chi connectivity index (χ4v) is 2.09. The molecule has 1 N–H and O–H groups in total. The molecule has 0 saturated carbocycles. The summed E-state index contributed by atoms with van der Waals surface area (Å²) in [5.74, 6) is -0.781. The average Bonchev–Trinajstić information content (AvgIpc) is 2.76. The van der Waals surface area contributed by atoms with Gasteiger partial charge in [-0.05, 0) is 13.0 Å². The molecule has 0 radical (unpaired) electrons. The van der Waals surface area contributed by atoms with Gasteiger partial charge in [-0.25, -0.2) is 9.78 Å². The fourth-order valence-electron chi connectivity index (χ4n) is 1.33. The molecule has 0 unspecified atom stereocenters. The lowest BCUT2D eigenvalue weighted by atomic mass is 10.3. The molecule has 0 aliphatic carbocycles. The van der Waals surface area contributed by atoms with Crippen LogP contribution in [0.5, 0.6) is 5.88 Å². The maximum Gasteiger partial charge on any atom is 0.356 e. The van der Waals surface area contributed by atoms with E-state index in [1.165, 1.54) is 17.0 Å². The molecule has 2 rings (SSSR count). The van der Waals surface area contributed by atoms with Gasteiger partial charge in [-0.1, -0.05) is 0 Å². The van der Waals surface area contributed by atoms with E-state index in [1.807, 2.05) is 6.92 Å². The molecule has 2 aromatic rings. The van der Waals surface area contributed by atoms with Crippen LogP contribution >= 0.6 is 11.3 Å². The first-order valence-electron chi connectivity index (χ1n) is 5.25. The third kappa shape index (κ3) is 3.01. The number of carboxylic acids is 1. The highest BCUT2D eigenvalue weighted by Crippen LogP contribution is 2.13. The van der Waals surface area contributed by atoms with Crippen molar-refractivity contribution in [2.24, 2.45) is 0 Å². The van der Waals surface area contributed by atoms with E-state index in [1.54, 1.807) is 16.8 Å². The number of aromatic nitrogens is 3. The summed E-state index contributed by atoms with van der Waals surface area (Å²) < 4.78 is 5.38. The Bertz CT molecular complexity index is 539. The SMILES string of the molecule is Cc1ncsc1CCOc1ccc(C(=O)O)nn1. The first-order chi connectivity index (χ1) is 8.66. The minimum atomic E-state index is -1.10. The molecular weight excluding hydrogens is 254 g/mol. The molecule has 0 atom stereocenters. The summed E-state index contributed by atoms with van der Waals surface area (Å²) in [6.07, 6.45) is 0.749. The number of thiazole rings is 1. The lowest BCUT2D eigenvalue weighted by Gasteiger charge is -2.03. The van der Waals surface area contributed by atoms with Crippen LogP contribution < -0.4 is 4.74 Å². The Kier molecular flexibility index (Phi) is 3.83. The summed E-state index contributed by atoms with van der Waals surface area (Å²) in [5.41, 5.74) is 2.71. The largest absolute Gasteiger partial charge is 0.476 e. The number of aryl methyl sites for hydroxylation is 1. The predicted octanol–water partition coefficient (Wildman–Crippen LogP) is 1.56. The molecule has 18 heavy (non-hydrogen) atoms.